The molecule has 3 aromatic rings. The van der Waals surface area contributed by atoms with E-state index in [1.807, 2.05) is 20.8 Å². The summed E-state index contributed by atoms with van der Waals surface area (Å²) in [5.41, 5.74) is 0.900. The number of ether oxygens (including phenoxy) is 1. The summed E-state index contributed by atoms with van der Waals surface area (Å²) in [4.78, 5) is 28.9. The summed E-state index contributed by atoms with van der Waals surface area (Å²) in [7, 11) is -2.68. The SMILES string of the molecule is CC[C@@H](C)NC(=O)[C@@H](CC)N(Cc1ccccc1Cl)C(=O)CN(c1cccc(OC)c1)S(=O)(=O)c1ccccc1. The number of amides is 2. The lowest BCUT2D eigenvalue weighted by Crippen LogP contribution is -2.53. The van der Waals surface area contributed by atoms with Gasteiger partial charge in [-0.1, -0.05) is 67.9 Å². The first-order valence-corrected chi connectivity index (χ1v) is 15.0. The first-order valence-electron chi connectivity index (χ1n) is 13.2. The molecule has 0 aromatic heterocycles. The lowest BCUT2D eigenvalue weighted by atomic mass is 10.1. The lowest BCUT2D eigenvalue weighted by Gasteiger charge is -2.34. The van der Waals surface area contributed by atoms with Gasteiger partial charge in [0.2, 0.25) is 11.8 Å². The molecule has 0 bridgehead atoms. The summed E-state index contributed by atoms with van der Waals surface area (Å²) in [6, 6.07) is 20.5. The number of nitrogens with zero attached hydrogens (tertiary/aromatic N) is 2. The van der Waals surface area contributed by atoms with Crippen LogP contribution in [0.4, 0.5) is 5.69 Å². The molecule has 0 saturated carbocycles. The summed E-state index contributed by atoms with van der Waals surface area (Å²) in [6.07, 6.45) is 1.04. The summed E-state index contributed by atoms with van der Waals surface area (Å²) in [5, 5.41) is 3.40. The zero-order valence-corrected chi connectivity index (χ0v) is 24.8. The molecule has 0 aliphatic carbocycles. The van der Waals surface area contributed by atoms with Crippen LogP contribution in [-0.4, -0.2) is 50.9 Å². The van der Waals surface area contributed by atoms with Gasteiger partial charge in [-0.05, 0) is 55.7 Å². The maximum atomic E-state index is 14.1. The number of hydrogen-bond acceptors (Lipinski definition) is 5. The maximum Gasteiger partial charge on any atom is 0.264 e. The van der Waals surface area contributed by atoms with Crippen molar-refractivity contribution in [3.05, 3.63) is 89.4 Å². The van der Waals surface area contributed by atoms with E-state index in [0.29, 0.717) is 22.8 Å². The summed E-state index contributed by atoms with van der Waals surface area (Å²) in [5.74, 6) is -0.421. The quantitative estimate of drug-likeness (QED) is 0.295. The molecule has 3 aromatic carbocycles. The minimum atomic E-state index is -4.16. The highest BCUT2D eigenvalue weighted by Crippen LogP contribution is 2.28. The number of carbonyl (C=O) groups excluding carboxylic acids is 2. The van der Waals surface area contributed by atoms with Gasteiger partial charge in [0, 0.05) is 23.7 Å². The molecule has 0 spiro atoms. The van der Waals surface area contributed by atoms with E-state index in [1.165, 1.54) is 24.1 Å². The van der Waals surface area contributed by atoms with Gasteiger partial charge in [-0.25, -0.2) is 8.42 Å². The number of nitrogens with one attached hydrogen (secondary N) is 1. The summed E-state index contributed by atoms with van der Waals surface area (Å²) < 4.78 is 34.1. The number of rotatable bonds is 13. The predicted octanol–water partition coefficient (Wildman–Crippen LogP) is 5.27. The number of hydrogen-bond donors (Lipinski definition) is 1. The summed E-state index contributed by atoms with van der Waals surface area (Å²) >= 11 is 6.44. The third-order valence-electron chi connectivity index (χ3n) is 6.64. The topological polar surface area (TPSA) is 96.0 Å². The van der Waals surface area contributed by atoms with Crippen molar-refractivity contribution in [2.75, 3.05) is 18.0 Å². The third-order valence-corrected chi connectivity index (χ3v) is 8.79. The zero-order valence-electron chi connectivity index (χ0n) is 23.2. The Morgan fingerprint density at radius 2 is 1.62 bits per heavy atom. The Morgan fingerprint density at radius 3 is 2.25 bits per heavy atom. The second kappa shape index (κ2) is 14.2. The largest absolute Gasteiger partial charge is 0.497 e. The maximum absolute atomic E-state index is 14.1. The van der Waals surface area contributed by atoms with E-state index in [4.69, 9.17) is 16.3 Å². The lowest BCUT2D eigenvalue weighted by molar-refractivity contribution is -0.140. The van der Waals surface area contributed by atoms with Crippen LogP contribution in [0.2, 0.25) is 5.02 Å². The number of carbonyl (C=O) groups is 2. The fraction of sp³-hybridized carbons (Fsp3) is 0.333. The van der Waals surface area contributed by atoms with Crippen molar-refractivity contribution in [2.45, 2.75) is 57.1 Å². The second-order valence-corrected chi connectivity index (χ2v) is 11.7. The van der Waals surface area contributed by atoms with Crippen molar-refractivity contribution in [1.82, 2.24) is 10.2 Å². The van der Waals surface area contributed by atoms with Gasteiger partial charge in [0.05, 0.1) is 17.7 Å². The summed E-state index contributed by atoms with van der Waals surface area (Å²) in [6.45, 7) is 5.15. The van der Waals surface area contributed by atoms with Crippen LogP contribution in [0, 0.1) is 0 Å². The van der Waals surface area contributed by atoms with Crippen LogP contribution in [0.25, 0.3) is 0 Å². The molecule has 0 unspecified atom stereocenters. The molecule has 1 N–H and O–H groups in total. The average Bonchev–Trinajstić information content (AvgIpc) is 2.96. The van der Waals surface area contributed by atoms with Crippen LogP contribution >= 0.6 is 11.6 Å². The van der Waals surface area contributed by atoms with Crippen LogP contribution in [0.15, 0.2) is 83.8 Å². The van der Waals surface area contributed by atoms with Crippen molar-refractivity contribution in [3.63, 3.8) is 0 Å². The van der Waals surface area contributed by atoms with Crippen LogP contribution < -0.4 is 14.4 Å². The molecule has 0 fully saturated rings. The Labute approximate surface area is 241 Å². The van der Waals surface area contributed by atoms with Gasteiger partial charge < -0.3 is 15.0 Å². The van der Waals surface area contributed by atoms with Crippen LogP contribution in [0.1, 0.15) is 39.2 Å². The molecule has 2 amide bonds. The highest BCUT2D eigenvalue weighted by molar-refractivity contribution is 7.92. The number of methoxy groups -OCH3 is 1. The van der Waals surface area contributed by atoms with E-state index >= 15 is 0 Å². The average molecular weight is 586 g/mol. The number of halogens is 1. The molecule has 0 saturated heterocycles. The second-order valence-electron chi connectivity index (χ2n) is 9.38. The Morgan fingerprint density at radius 1 is 0.950 bits per heavy atom. The molecule has 0 aliphatic rings. The first kappa shape index (κ1) is 31.0. The van der Waals surface area contributed by atoms with Gasteiger partial charge in [0.25, 0.3) is 10.0 Å². The highest BCUT2D eigenvalue weighted by atomic mass is 35.5. The van der Waals surface area contributed by atoms with Crippen LogP contribution in [0.5, 0.6) is 5.75 Å². The number of benzene rings is 3. The molecule has 0 aliphatic heterocycles. The Hall–Kier alpha value is -3.56. The molecular weight excluding hydrogens is 550 g/mol. The van der Waals surface area contributed by atoms with E-state index in [9.17, 15) is 18.0 Å². The van der Waals surface area contributed by atoms with E-state index in [2.05, 4.69) is 5.32 Å². The van der Waals surface area contributed by atoms with Gasteiger partial charge in [-0.15, -0.1) is 0 Å². The van der Waals surface area contributed by atoms with Crippen molar-refractivity contribution >= 4 is 39.1 Å². The standard InChI is InChI=1S/C30H36ClN3O5S/c1-5-22(3)32-30(36)28(6-2)33(20-23-13-10-11-18-27(23)31)29(35)21-34(24-14-12-15-25(19-24)39-4)40(37,38)26-16-8-7-9-17-26/h7-19,22,28H,5-6,20-21H2,1-4H3,(H,32,36)/t22-,28-/m1/s1. The molecular formula is C30H36ClN3O5S. The zero-order chi connectivity index (χ0) is 29.3. The van der Waals surface area contributed by atoms with Crippen LogP contribution in [0.3, 0.4) is 0 Å². The van der Waals surface area contributed by atoms with Crippen molar-refractivity contribution in [3.8, 4) is 5.75 Å². The fourth-order valence-corrected chi connectivity index (χ4v) is 5.81. The Balaban J connectivity index is 2.08. The first-order chi connectivity index (χ1) is 19.1. The third kappa shape index (κ3) is 7.55. The molecule has 40 heavy (non-hydrogen) atoms. The van der Waals surface area contributed by atoms with E-state index in [-0.39, 0.29) is 29.1 Å². The monoisotopic (exact) mass is 585 g/mol. The van der Waals surface area contributed by atoms with Gasteiger partial charge in [-0.2, -0.15) is 0 Å². The fourth-order valence-electron chi connectivity index (χ4n) is 4.18. The van der Waals surface area contributed by atoms with Gasteiger partial charge in [0.15, 0.2) is 0 Å². The molecule has 2 atom stereocenters. The van der Waals surface area contributed by atoms with Crippen molar-refractivity contribution in [1.29, 1.82) is 0 Å². The number of anilines is 1. The molecule has 3 rings (SSSR count). The van der Waals surface area contributed by atoms with Crippen molar-refractivity contribution in [2.24, 2.45) is 0 Å². The van der Waals surface area contributed by atoms with E-state index < -0.39 is 28.5 Å². The normalized spacial score (nSPS) is 12.7. The predicted molar refractivity (Wildman–Crippen MR) is 158 cm³/mol. The van der Waals surface area contributed by atoms with E-state index in [1.54, 1.807) is 66.7 Å². The van der Waals surface area contributed by atoms with Crippen molar-refractivity contribution < 1.29 is 22.7 Å². The molecule has 10 heteroatoms. The van der Waals surface area contributed by atoms with Gasteiger partial charge in [-0.3, -0.25) is 13.9 Å². The smallest absolute Gasteiger partial charge is 0.264 e. The Kier molecular flexibility index (Phi) is 11.0. The van der Waals surface area contributed by atoms with Gasteiger partial charge >= 0.3 is 0 Å². The minimum Gasteiger partial charge on any atom is -0.497 e. The molecule has 8 nitrogen and oxygen atoms in total. The van der Waals surface area contributed by atoms with E-state index in [0.717, 1.165) is 10.7 Å². The van der Waals surface area contributed by atoms with Gasteiger partial charge in [0.1, 0.15) is 18.3 Å². The number of sulfonamides is 1. The molecule has 214 valence electrons. The van der Waals surface area contributed by atoms with Crippen LogP contribution in [-0.2, 0) is 26.2 Å². The molecule has 0 heterocycles. The highest BCUT2D eigenvalue weighted by Gasteiger charge is 2.34. The Bertz CT molecular complexity index is 1400. The minimum absolute atomic E-state index is 0.0300. The molecule has 0 radical (unpaired) electrons.